The number of rotatable bonds is 3. The van der Waals surface area contributed by atoms with Crippen molar-refractivity contribution in [1.82, 2.24) is 4.98 Å². The molecule has 3 N–H and O–H groups in total. The second kappa shape index (κ2) is 4.66. The van der Waals surface area contributed by atoms with Crippen molar-refractivity contribution in [2.75, 3.05) is 11.1 Å². The van der Waals surface area contributed by atoms with Crippen molar-refractivity contribution in [3.8, 4) is 0 Å². The zero-order chi connectivity index (χ0) is 11.4. The van der Waals surface area contributed by atoms with Gasteiger partial charge in [-0.2, -0.15) is 0 Å². The highest BCUT2D eigenvalue weighted by Gasteiger charge is 2.00. The first-order valence-corrected chi connectivity index (χ1v) is 5.36. The lowest BCUT2D eigenvalue weighted by molar-refractivity contribution is 1.14. The number of anilines is 3. The molecule has 1 heterocycles. The van der Waals surface area contributed by atoms with Crippen LogP contribution in [0.1, 0.15) is 12.5 Å². The van der Waals surface area contributed by atoms with Crippen LogP contribution in [0.2, 0.25) is 0 Å². The zero-order valence-electron chi connectivity index (χ0n) is 9.27. The lowest BCUT2D eigenvalue weighted by atomic mass is 10.1. The fraction of sp³-hybridized carbons (Fsp3) is 0.154. The number of hydrogen-bond donors (Lipinski definition) is 2. The molecule has 3 nitrogen and oxygen atoms in total. The molecule has 0 spiro atoms. The minimum atomic E-state index is 0.675. The van der Waals surface area contributed by atoms with Crippen molar-refractivity contribution in [3.63, 3.8) is 0 Å². The van der Waals surface area contributed by atoms with E-state index in [1.54, 1.807) is 6.20 Å². The Kier molecular flexibility index (Phi) is 3.05. The van der Waals surface area contributed by atoms with Gasteiger partial charge < -0.3 is 11.1 Å². The van der Waals surface area contributed by atoms with Crippen LogP contribution in [0.25, 0.3) is 0 Å². The fourth-order valence-corrected chi connectivity index (χ4v) is 1.57. The smallest absolute Gasteiger partial charge is 0.130 e. The quantitative estimate of drug-likeness (QED) is 0.824. The van der Waals surface area contributed by atoms with E-state index in [1.807, 2.05) is 24.3 Å². The van der Waals surface area contributed by atoms with Gasteiger partial charge in [-0.1, -0.05) is 25.1 Å². The van der Waals surface area contributed by atoms with Crippen molar-refractivity contribution >= 4 is 17.2 Å². The van der Waals surface area contributed by atoms with Crippen LogP contribution >= 0.6 is 0 Å². The van der Waals surface area contributed by atoms with Crippen molar-refractivity contribution in [1.29, 1.82) is 0 Å². The molecule has 0 aliphatic carbocycles. The molecule has 0 aliphatic rings. The molecule has 0 fully saturated rings. The standard InChI is InChI=1S/C13H15N3/c1-2-10-5-3-4-6-12(10)16-13-8-7-11(14)9-15-13/h3-9H,2,14H2,1H3,(H,15,16). The molecule has 0 saturated carbocycles. The Morgan fingerprint density at radius 2 is 2.00 bits per heavy atom. The van der Waals surface area contributed by atoms with E-state index in [2.05, 4.69) is 29.4 Å². The van der Waals surface area contributed by atoms with Gasteiger partial charge in [0, 0.05) is 5.69 Å². The van der Waals surface area contributed by atoms with E-state index >= 15 is 0 Å². The Balaban J connectivity index is 2.23. The van der Waals surface area contributed by atoms with Gasteiger partial charge in [0.25, 0.3) is 0 Å². The van der Waals surface area contributed by atoms with Gasteiger partial charge in [0.05, 0.1) is 11.9 Å². The highest BCUT2D eigenvalue weighted by Crippen LogP contribution is 2.20. The molecule has 2 aromatic rings. The minimum Gasteiger partial charge on any atom is -0.397 e. The number of para-hydroxylation sites is 1. The summed E-state index contributed by atoms with van der Waals surface area (Å²) >= 11 is 0. The predicted octanol–water partition coefficient (Wildman–Crippen LogP) is 2.97. The molecule has 1 aromatic carbocycles. The van der Waals surface area contributed by atoms with Gasteiger partial charge in [-0.05, 0) is 30.2 Å². The van der Waals surface area contributed by atoms with Gasteiger partial charge in [-0.3, -0.25) is 0 Å². The van der Waals surface area contributed by atoms with E-state index < -0.39 is 0 Å². The summed E-state index contributed by atoms with van der Waals surface area (Å²) in [6.07, 6.45) is 2.65. The van der Waals surface area contributed by atoms with Crippen molar-refractivity contribution in [2.24, 2.45) is 0 Å². The lowest BCUT2D eigenvalue weighted by Crippen LogP contribution is -1.97. The number of nitrogen functional groups attached to an aromatic ring is 1. The molecule has 0 unspecified atom stereocenters. The molecule has 1 aromatic heterocycles. The number of aryl methyl sites for hydroxylation is 1. The number of nitrogens with two attached hydrogens (primary N) is 1. The van der Waals surface area contributed by atoms with E-state index in [-0.39, 0.29) is 0 Å². The van der Waals surface area contributed by atoms with Gasteiger partial charge in [0.1, 0.15) is 5.82 Å². The summed E-state index contributed by atoms with van der Waals surface area (Å²) in [6.45, 7) is 2.14. The lowest BCUT2D eigenvalue weighted by Gasteiger charge is -2.09. The molecule has 2 rings (SSSR count). The van der Waals surface area contributed by atoms with Gasteiger partial charge in [0.15, 0.2) is 0 Å². The molecule has 0 saturated heterocycles. The summed E-state index contributed by atoms with van der Waals surface area (Å²) in [4.78, 5) is 4.21. The summed E-state index contributed by atoms with van der Waals surface area (Å²) in [5.74, 6) is 0.815. The highest BCUT2D eigenvalue weighted by molar-refractivity contribution is 5.61. The second-order valence-corrected chi connectivity index (χ2v) is 3.61. The van der Waals surface area contributed by atoms with Gasteiger partial charge in [-0.15, -0.1) is 0 Å². The Morgan fingerprint density at radius 1 is 1.19 bits per heavy atom. The largest absolute Gasteiger partial charge is 0.397 e. The first kappa shape index (κ1) is 10.5. The summed E-state index contributed by atoms with van der Waals surface area (Å²) in [5, 5.41) is 3.28. The average Bonchev–Trinajstić information content (AvgIpc) is 2.33. The van der Waals surface area contributed by atoms with Crippen molar-refractivity contribution < 1.29 is 0 Å². The van der Waals surface area contributed by atoms with Gasteiger partial charge >= 0.3 is 0 Å². The molecule has 82 valence electrons. The van der Waals surface area contributed by atoms with E-state index in [9.17, 15) is 0 Å². The van der Waals surface area contributed by atoms with Crippen molar-refractivity contribution in [2.45, 2.75) is 13.3 Å². The molecule has 0 amide bonds. The molecular weight excluding hydrogens is 198 g/mol. The second-order valence-electron chi connectivity index (χ2n) is 3.61. The van der Waals surface area contributed by atoms with E-state index in [1.165, 1.54) is 5.56 Å². The molecule has 0 bridgehead atoms. The molecule has 3 heteroatoms. The molecule has 0 radical (unpaired) electrons. The highest BCUT2D eigenvalue weighted by atomic mass is 15.0. The first-order chi connectivity index (χ1) is 7.79. The third kappa shape index (κ3) is 2.31. The zero-order valence-corrected chi connectivity index (χ0v) is 9.27. The SMILES string of the molecule is CCc1ccccc1Nc1ccc(N)cn1. The minimum absolute atomic E-state index is 0.675. The number of benzene rings is 1. The maximum absolute atomic E-state index is 5.59. The first-order valence-electron chi connectivity index (χ1n) is 5.36. The number of pyridine rings is 1. The Bertz CT molecular complexity index is 463. The number of hydrogen-bond acceptors (Lipinski definition) is 3. The molecular formula is C13H15N3. The van der Waals surface area contributed by atoms with Crippen molar-refractivity contribution in [3.05, 3.63) is 48.2 Å². The summed E-state index contributed by atoms with van der Waals surface area (Å²) in [7, 11) is 0. The van der Waals surface area contributed by atoms with Crippen LogP contribution in [0.15, 0.2) is 42.6 Å². The summed E-state index contributed by atoms with van der Waals surface area (Å²) in [6, 6.07) is 11.9. The molecule has 0 atom stereocenters. The van der Waals surface area contributed by atoms with Crippen LogP contribution in [0.3, 0.4) is 0 Å². The topological polar surface area (TPSA) is 50.9 Å². The third-order valence-corrected chi connectivity index (χ3v) is 2.45. The maximum atomic E-state index is 5.59. The van der Waals surface area contributed by atoms with Gasteiger partial charge in [-0.25, -0.2) is 4.98 Å². The monoisotopic (exact) mass is 213 g/mol. The van der Waals surface area contributed by atoms with Gasteiger partial charge in [0.2, 0.25) is 0 Å². The van der Waals surface area contributed by atoms with Crippen LogP contribution in [0.5, 0.6) is 0 Å². The van der Waals surface area contributed by atoms with E-state index in [0.717, 1.165) is 17.9 Å². The average molecular weight is 213 g/mol. The van der Waals surface area contributed by atoms with Crippen LogP contribution < -0.4 is 11.1 Å². The van der Waals surface area contributed by atoms with Crippen LogP contribution in [-0.4, -0.2) is 4.98 Å². The Labute approximate surface area is 95.3 Å². The Hall–Kier alpha value is -2.03. The van der Waals surface area contributed by atoms with E-state index in [0.29, 0.717) is 5.69 Å². The normalized spacial score (nSPS) is 10.1. The summed E-state index contributed by atoms with van der Waals surface area (Å²) < 4.78 is 0. The number of aromatic nitrogens is 1. The van der Waals surface area contributed by atoms with Crippen LogP contribution in [0.4, 0.5) is 17.2 Å². The van der Waals surface area contributed by atoms with E-state index in [4.69, 9.17) is 5.73 Å². The summed E-state index contributed by atoms with van der Waals surface area (Å²) in [5.41, 5.74) is 8.64. The predicted molar refractivity (Wildman–Crippen MR) is 67.8 cm³/mol. The Morgan fingerprint density at radius 3 is 2.69 bits per heavy atom. The molecule has 0 aliphatic heterocycles. The number of nitrogens with zero attached hydrogens (tertiary/aromatic N) is 1. The number of nitrogens with one attached hydrogen (secondary N) is 1. The third-order valence-electron chi connectivity index (χ3n) is 2.45. The van der Waals surface area contributed by atoms with Crippen LogP contribution in [0, 0.1) is 0 Å². The molecule has 16 heavy (non-hydrogen) atoms. The fourth-order valence-electron chi connectivity index (χ4n) is 1.57. The van der Waals surface area contributed by atoms with Crippen LogP contribution in [-0.2, 0) is 6.42 Å². The maximum Gasteiger partial charge on any atom is 0.130 e.